The van der Waals surface area contributed by atoms with Crippen molar-refractivity contribution in [2.45, 2.75) is 23.8 Å². The Morgan fingerprint density at radius 3 is 2.65 bits per heavy atom. The molecule has 0 unspecified atom stereocenters. The van der Waals surface area contributed by atoms with E-state index in [1.807, 2.05) is 32.0 Å². The highest BCUT2D eigenvalue weighted by Crippen LogP contribution is 2.35. The number of pyridine rings is 1. The van der Waals surface area contributed by atoms with Gasteiger partial charge in [-0.05, 0) is 31.5 Å². The van der Waals surface area contributed by atoms with Gasteiger partial charge >= 0.3 is 5.69 Å². The standard InChI is InChI=1S/C13H14N4O2S/c1-8-3-5-11(9(2)7-8)20-13-10(17(18)19)4-6-12(15-13)16-14/h3-7H,14H2,1-2H3,(H,15,16). The Morgan fingerprint density at radius 1 is 1.30 bits per heavy atom. The number of hydrogen-bond acceptors (Lipinski definition) is 6. The molecule has 1 aromatic heterocycles. The van der Waals surface area contributed by atoms with E-state index in [9.17, 15) is 10.1 Å². The van der Waals surface area contributed by atoms with Gasteiger partial charge in [0.2, 0.25) is 0 Å². The molecule has 2 rings (SSSR count). The molecule has 0 atom stereocenters. The number of anilines is 1. The van der Waals surface area contributed by atoms with Crippen molar-refractivity contribution in [1.82, 2.24) is 4.98 Å². The Labute approximate surface area is 120 Å². The number of nitrogens with zero attached hydrogens (tertiary/aromatic N) is 2. The van der Waals surface area contributed by atoms with Gasteiger partial charge in [0.1, 0.15) is 5.82 Å². The van der Waals surface area contributed by atoms with Gasteiger partial charge in [-0.3, -0.25) is 10.1 Å². The Bertz CT molecular complexity index is 661. The third-order valence-corrected chi connectivity index (χ3v) is 3.89. The third kappa shape index (κ3) is 3.06. The summed E-state index contributed by atoms with van der Waals surface area (Å²) in [6.45, 7) is 3.97. The fraction of sp³-hybridized carbons (Fsp3) is 0.154. The second-order valence-corrected chi connectivity index (χ2v) is 5.32. The van der Waals surface area contributed by atoms with Crippen molar-refractivity contribution in [1.29, 1.82) is 0 Å². The van der Waals surface area contributed by atoms with Gasteiger partial charge in [-0.15, -0.1) is 0 Å². The van der Waals surface area contributed by atoms with E-state index in [0.29, 0.717) is 10.8 Å². The van der Waals surface area contributed by atoms with Crippen molar-refractivity contribution in [3.63, 3.8) is 0 Å². The van der Waals surface area contributed by atoms with Crippen LogP contribution >= 0.6 is 11.8 Å². The summed E-state index contributed by atoms with van der Waals surface area (Å²) < 4.78 is 0. The topological polar surface area (TPSA) is 94.1 Å². The van der Waals surface area contributed by atoms with Gasteiger partial charge in [-0.1, -0.05) is 29.5 Å². The summed E-state index contributed by atoms with van der Waals surface area (Å²) in [5.41, 5.74) is 4.56. The van der Waals surface area contributed by atoms with Crippen LogP contribution in [-0.2, 0) is 0 Å². The van der Waals surface area contributed by atoms with E-state index in [2.05, 4.69) is 10.4 Å². The lowest BCUT2D eigenvalue weighted by Gasteiger charge is -2.07. The fourth-order valence-electron chi connectivity index (χ4n) is 1.75. The van der Waals surface area contributed by atoms with Crippen LogP contribution in [0.1, 0.15) is 11.1 Å². The first kappa shape index (κ1) is 14.3. The van der Waals surface area contributed by atoms with Crippen LogP contribution in [0, 0.1) is 24.0 Å². The van der Waals surface area contributed by atoms with Crippen molar-refractivity contribution >= 4 is 23.3 Å². The molecule has 0 bridgehead atoms. The number of nitrogens with two attached hydrogens (primary N) is 1. The lowest BCUT2D eigenvalue weighted by atomic mass is 10.2. The Morgan fingerprint density at radius 2 is 2.05 bits per heavy atom. The maximum atomic E-state index is 11.1. The quantitative estimate of drug-likeness (QED) is 0.510. The lowest BCUT2D eigenvalue weighted by Crippen LogP contribution is -2.09. The summed E-state index contributed by atoms with van der Waals surface area (Å²) in [6, 6.07) is 8.80. The average molecular weight is 290 g/mol. The smallest absolute Gasteiger partial charge is 0.301 e. The number of aromatic nitrogens is 1. The first-order chi connectivity index (χ1) is 9.51. The van der Waals surface area contributed by atoms with Crippen LogP contribution in [0.2, 0.25) is 0 Å². The Hall–Kier alpha value is -2.12. The predicted molar refractivity (Wildman–Crippen MR) is 78.7 cm³/mol. The second kappa shape index (κ2) is 5.89. The van der Waals surface area contributed by atoms with Gasteiger partial charge in [0.25, 0.3) is 0 Å². The summed E-state index contributed by atoms with van der Waals surface area (Å²) >= 11 is 1.26. The highest BCUT2D eigenvalue weighted by atomic mass is 32.2. The number of benzene rings is 1. The van der Waals surface area contributed by atoms with E-state index in [1.165, 1.54) is 23.9 Å². The van der Waals surface area contributed by atoms with Crippen LogP contribution in [0.5, 0.6) is 0 Å². The second-order valence-electron chi connectivity index (χ2n) is 4.29. The van der Waals surface area contributed by atoms with E-state index in [0.717, 1.165) is 16.0 Å². The van der Waals surface area contributed by atoms with Gasteiger partial charge < -0.3 is 5.43 Å². The predicted octanol–water partition coefficient (Wildman–Crippen LogP) is 3.04. The molecule has 0 aliphatic heterocycles. The third-order valence-electron chi connectivity index (χ3n) is 2.72. The molecule has 0 aliphatic rings. The van der Waals surface area contributed by atoms with Crippen molar-refractivity contribution in [3.05, 3.63) is 51.6 Å². The minimum absolute atomic E-state index is 0.0334. The van der Waals surface area contributed by atoms with Gasteiger partial charge in [0, 0.05) is 11.0 Å². The number of nitrogens with one attached hydrogen (secondary N) is 1. The minimum Gasteiger partial charge on any atom is -0.308 e. The molecule has 7 heteroatoms. The minimum atomic E-state index is -0.445. The number of hydrogen-bond donors (Lipinski definition) is 2. The van der Waals surface area contributed by atoms with Crippen LogP contribution in [0.4, 0.5) is 11.5 Å². The average Bonchev–Trinajstić information content (AvgIpc) is 2.41. The monoisotopic (exact) mass is 290 g/mol. The molecule has 0 radical (unpaired) electrons. The molecular formula is C13H14N4O2S. The summed E-state index contributed by atoms with van der Waals surface area (Å²) in [4.78, 5) is 15.7. The molecule has 0 aliphatic carbocycles. The molecule has 104 valence electrons. The summed E-state index contributed by atoms with van der Waals surface area (Å²) in [7, 11) is 0. The number of nitrogen functional groups attached to an aromatic ring is 1. The lowest BCUT2D eigenvalue weighted by molar-refractivity contribution is -0.388. The SMILES string of the molecule is Cc1ccc(Sc2nc(NN)ccc2[N+](=O)[O-])c(C)c1. The van der Waals surface area contributed by atoms with Crippen LogP contribution in [0.3, 0.4) is 0 Å². The van der Waals surface area contributed by atoms with Crippen LogP contribution < -0.4 is 11.3 Å². The maximum Gasteiger partial charge on any atom is 0.301 e. The number of hydrazine groups is 1. The zero-order valence-electron chi connectivity index (χ0n) is 11.1. The van der Waals surface area contributed by atoms with Gasteiger partial charge in [0.05, 0.1) is 4.92 Å². The molecule has 2 aromatic rings. The first-order valence-corrected chi connectivity index (χ1v) is 6.70. The summed E-state index contributed by atoms with van der Waals surface area (Å²) in [5.74, 6) is 5.69. The molecule has 0 amide bonds. The molecule has 0 saturated carbocycles. The molecule has 6 nitrogen and oxygen atoms in total. The zero-order chi connectivity index (χ0) is 14.7. The van der Waals surface area contributed by atoms with E-state index in [-0.39, 0.29) is 5.69 Å². The Balaban J connectivity index is 2.43. The summed E-state index contributed by atoms with van der Waals surface area (Å²) in [6.07, 6.45) is 0. The van der Waals surface area contributed by atoms with Crippen molar-refractivity contribution < 1.29 is 4.92 Å². The van der Waals surface area contributed by atoms with E-state index < -0.39 is 4.92 Å². The number of aryl methyl sites for hydroxylation is 2. The fourth-order valence-corrected chi connectivity index (χ4v) is 2.70. The molecule has 0 fully saturated rings. The van der Waals surface area contributed by atoms with Crippen LogP contribution in [0.15, 0.2) is 40.3 Å². The number of rotatable bonds is 4. The maximum absolute atomic E-state index is 11.1. The molecule has 0 spiro atoms. The molecule has 3 N–H and O–H groups in total. The number of nitro groups is 1. The van der Waals surface area contributed by atoms with Crippen molar-refractivity contribution in [2.75, 3.05) is 5.43 Å². The Kier molecular flexibility index (Phi) is 4.21. The van der Waals surface area contributed by atoms with Crippen LogP contribution in [0.25, 0.3) is 0 Å². The highest BCUT2D eigenvalue weighted by Gasteiger charge is 2.18. The van der Waals surface area contributed by atoms with Gasteiger partial charge in [0.15, 0.2) is 5.03 Å². The van der Waals surface area contributed by atoms with E-state index in [4.69, 9.17) is 5.84 Å². The summed E-state index contributed by atoms with van der Waals surface area (Å²) in [5, 5.41) is 11.4. The van der Waals surface area contributed by atoms with Crippen LogP contribution in [-0.4, -0.2) is 9.91 Å². The molecular weight excluding hydrogens is 276 g/mol. The molecule has 0 saturated heterocycles. The normalized spacial score (nSPS) is 10.3. The van der Waals surface area contributed by atoms with E-state index in [1.54, 1.807) is 0 Å². The van der Waals surface area contributed by atoms with Gasteiger partial charge in [-0.25, -0.2) is 10.8 Å². The highest BCUT2D eigenvalue weighted by molar-refractivity contribution is 7.99. The first-order valence-electron chi connectivity index (χ1n) is 5.88. The van der Waals surface area contributed by atoms with Crippen molar-refractivity contribution in [3.8, 4) is 0 Å². The van der Waals surface area contributed by atoms with Crippen molar-refractivity contribution in [2.24, 2.45) is 5.84 Å². The molecule has 1 heterocycles. The molecule has 1 aromatic carbocycles. The van der Waals surface area contributed by atoms with Gasteiger partial charge in [-0.2, -0.15) is 0 Å². The largest absolute Gasteiger partial charge is 0.308 e. The van der Waals surface area contributed by atoms with E-state index >= 15 is 0 Å². The zero-order valence-corrected chi connectivity index (χ0v) is 11.9. The molecule has 20 heavy (non-hydrogen) atoms.